The number of hydrogen-bond donors (Lipinski definition) is 2. The van der Waals surface area contributed by atoms with Crippen LogP contribution in [0.25, 0.3) is 0 Å². The van der Waals surface area contributed by atoms with Crippen LogP contribution in [0, 0.1) is 12.7 Å². The lowest BCUT2D eigenvalue weighted by Gasteiger charge is -2.09. The monoisotopic (exact) mass is 351 g/mol. The number of aromatic carboxylic acids is 1. The van der Waals surface area contributed by atoms with Gasteiger partial charge in [0, 0.05) is 10.0 Å². The fourth-order valence-electron chi connectivity index (χ4n) is 1.86. The van der Waals surface area contributed by atoms with Crippen molar-refractivity contribution in [1.82, 2.24) is 0 Å². The molecular formula is C15H11BrFNO3. The quantitative estimate of drug-likeness (QED) is 0.882. The molecule has 0 unspecified atom stereocenters. The Kier molecular flexibility index (Phi) is 4.37. The van der Waals surface area contributed by atoms with Crippen molar-refractivity contribution in [2.24, 2.45) is 0 Å². The molecule has 0 aliphatic heterocycles. The molecule has 0 aromatic heterocycles. The number of carboxylic acid groups (broad SMARTS) is 1. The van der Waals surface area contributed by atoms with Crippen molar-refractivity contribution in [1.29, 1.82) is 0 Å². The van der Waals surface area contributed by atoms with Gasteiger partial charge in [-0.15, -0.1) is 0 Å². The van der Waals surface area contributed by atoms with Crippen LogP contribution in [0.1, 0.15) is 26.3 Å². The normalized spacial score (nSPS) is 10.2. The Hall–Kier alpha value is -2.21. The fraction of sp³-hybridized carbons (Fsp3) is 0.0667. The standard InChI is InChI=1S/C15H11BrFNO3/c1-8-4-9(6-11(17)5-8)14(19)18-13-3-2-10(16)7-12(13)15(20)21/h2-7H,1H3,(H,18,19)(H,20,21). The van der Waals surface area contributed by atoms with Crippen LogP contribution >= 0.6 is 15.9 Å². The maximum atomic E-state index is 13.3. The number of aryl methyl sites for hydroxylation is 1. The predicted molar refractivity (Wildman–Crippen MR) is 80.2 cm³/mol. The van der Waals surface area contributed by atoms with Crippen LogP contribution in [0.15, 0.2) is 40.9 Å². The average molecular weight is 352 g/mol. The first kappa shape index (κ1) is 15.2. The molecule has 4 nitrogen and oxygen atoms in total. The Morgan fingerprint density at radius 1 is 1.19 bits per heavy atom. The molecule has 6 heteroatoms. The molecule has 0 radical (unpaired) electrons. The van der Waals surface area contributed by atoms with Crippen molar-refractivity contribution in [3.05, 3.63) is 63.4 Å². The molecule has 0 spiro atoms. The minimum absolute atomic E-state index is 0.0501. The lowest BCUT2D eigenvalue weighted by Crippen LogP contribution is -2.15. The minimum Gasteiger partial charge on any atom is -0.478 e. The number of anilines is 1. The van der Waals surface area contributed by atoms with Gasteiger partial charge < -0.3 is 10.4 Å². The van der Waals surface area contributed by atoms with E-state index in [1.165, 1.54) is 24.3 Å². The zero-order valence-electron chi connectivity index (χ0n) is 11.0. The highest BCUT2D eigenvalue weighted by molar-refractivity contribution is 9.10. The second kappa shape index (κ2) is 6.05. The zero-order chi connectivity index (χ0) is 15.6. The molecule has 0 heterocycles. The number of amides is 1. The topological polar surface area (TPSA) is 66.4 Å². The highest BCUT2D eigenvalue weighted by Crippen LogP contribution is 2.22. The van der Waals surface area contributed by atoms with E-state index in [1.54, 1.807) is 13.0 Å². The largest absolute Gasteiger partial charge is 0.478 e. The van der Waals surface area contributed by atoms with E-state index in [0.29, 0.717) is 10.0 Å². The molecule has 0 aliphatic carbocycles. The van der Waals surface area contributed by atoms with Gasteiger partial charge in [-0.25, -0.2) is 9.18 Å². The Bertz CT molecular complexity index is 711. The van der Waals surface area contributed by atoms with Crippen LogP contribution in [-0.2, 0) is 0 Å². The maximum absolute atomic E-state index is 13.3. The molecule has 2 rings (SSSR count). The summed E-state index contributed by atoms with van der Waals surface area (Å²) in [5, 5.41) is 11.6. The van der Waals surface area contributed by atoms with Crippen LogP contribution in [0.4, 0.5) is 10.1 Å². The highest BCUT2D eigenvalue weighted by Gasteiger charge is 2.14. The van der Waals surface area contributed by atoms with Crippen molar-refractivity contribution >= 4 is 33.5 Å². The van der Waals surface area contributed by atoms with Gasteiger partial charge in [-0.3, -0.25) is 4.79 Å². The number of rotatable bonds is 3. The third-order valence-corrected chi connectivity index (χ3v) is 3.26. The Morgan fingerprint density at radius 2 is 1.90 bits per heavy atom. The number of carboxylic acids is 1. The van der Waals surface area contributed by atoms with E-state index in [0.717, 1.165) is 6.07 Å². The maximum Gasteiger partial charge on any atom is 0.337 e. The summed E-state index contributed by atoms with van der Waals surface area (Å²) in [5.41, 5.74) is 0.838. The molecule has 108 valence electrons. The summed E-state index contributed by atoms with van der Waals surface area (Å²) in [4.78, 5) is 23.3. The lowest BCUT2D eigenvalue weighted by atomic mass is 10.1. The van der Waals surface area contributed by atoms with Gasteiger partial charge in [-0.1, -0.05) is 15.9 Å². The minimum atomic E-state index is -1.16. The number of benzene rings is 2. The van der Waals surface area contributed by atoms with E-state index >= 15 is 0 Å². The average Bonchev–Trinajstić information content (AvgIpc) is 2.39. The van der Waals surface area contributed by atoms with Crippen LogP contribution in [0.5, 0.6) is 0 Å². The summed E-state index contributed by atoms with van der Waals surface area (Å²) in [6.07, 6.45) is 0. The molecule has 0 saturated carbocycles. The summed E-state index contributed by atoms with van der Waals surface area (Å²) >= 11 is 3.17. The first-order valence-electron chi connectivity index (χ1n) is 5.98. The Balaban J connectivity index is 2.33. The molecule has 21 heavy (non-hydrogen) atoms. The van der Waals surface area contributed by atoms with Gasteiger partial charge in [0.25, 0.3) is 5.91 Å². The Labute approximate surface area is 128 Å². The van der Waals surface area contributed by atoms with E-state index in [-0.39, 0.29) is 16.8 Å². The number of carbonyl (C=O) groups is 2. The summed E-state index contributed by atoms with van der Waals surface area (Å²) in [5.74, 6) is -2.25. The van der Waals surface area contributed by atoms with Crippen LogP contribution in [-0.4, -0.2) is 17.0 Å². The van der Waals surface area contributed by atoms with Gasteiger partial charge in [0.15, 0.2) is 0 Å². The molecule has 0 bridgehead atoms. The van der Waals surface area contributed by atoms with Crippen LogP contribution in [0.3, 0.4) is 0 Å². The molecule has 0 atom stereocenters. The molecule has 0 fully saturated rings. The fourth-order valence-corrected chi connectivity index (χ4v) is 2.23. The predicted octanol–water partition coefficient (Wildman–Crippen LogP) is 3.85. The van der Waals surface area contributed by atoms with Gasteiger partial charge in [0.2, 0.25) is 0 Å². The second-order valence-corrected chi connectivity index (χ2v) is 5.38. The smallest absolute Gasteiger partial charge is 0.337 e. The van der Waals surface area contributed by atoms with Crippen molar-refractivity contribution in [2.75, 3.05) is 5.32 Å². The highest BCUT2D eigenvalue weighted by atomic mass is 79.9. The first-order valence-corrected chi connectivity index (χ1v) is 6.77. The van der Waals surface area contributed by atoms with E-state index in [4.69, 9.17) is 5.11 Å². The summed E-state index contributed by atoms with van der Waals surface area (Å²) in [6.45, 7) is 1.67. The van der Waals surface area contributed by atoms with Crippen LogP contribution in [0.2, 0.25) is 0 Å². The van der Waals surface area contributed by atoms with Crippen molar-refractivity contribution in [3.8, 4) is 0 Å². The molecule has 0 saturated heterocycles. The summed E-state index contributed by atoms with van der Waals surface area (Å²) < 4.78 is 13.9. The van der Waals surface area contributed by atoms with Crippen molar-refractivity contribution < 1.29 is 19.1 Å². The molecule has 0 aliphatic rings. The van der Waals surface area contributed by atoms with Gasteiger partial charge in [0.05, 0.1) is 11.3 Å². The molecule has 2 N–H and O–H groups in total. The molecule has 2 aromatic carbocycles. The van der Waals surface area contributed by atoms with E-state index in [1.807, 2.05) is 0 Å². The molecule has 1 amide bonds. The number of carbonyl (C=O) groups excluding carboxylic acids is 1. The van der Waals surface area contributed by atoms with Gasteiger partial charge in [-0.2, -0.15) is 0 Å². The van der Waals surface area contributed by atoms with Gasteiger partial charge in [-0.05, 0) is 48.9 Å². The van der Waals surface area contributed by atoms with Gasteiger partial charge in [0.1, 0.15) is 5.82 Å². The van der Waals surface area contributed by atoms with E-state index in [9.17, 15) is 14.0 Å². The van der Waals surface area contributed by atoms with E-state index < -0.39 is 17.7 Å². The lowest BCUT2D eigenvalue weighted by molar-refractivity contribution is 0.0698. The SMILES string of the molecule is Cc1cc(F)cc(C(=O)Nc2ccc(Br)cc2C(=O)O)c1. The third kappa shape index (κ3) is 3.66. The number of halogens is 2. The molecule has 2 aromatic rings. The number of nitrogens with one attached hydrogen (secondary N) is 1. The van der Waals surface area contributed by atoms with Crippen LogP contribution < -0.4 is 5.32 Å². The third-order valence-electron chi connectivity index (χ3n) is 2.76. The summed E-state index contributed by atoms with van der Waals surface area (Å²) in [7, 11) is 0. The zero-order valence-corrected chi connectivity index (χ0v) is 12.6. The van der Waals surface area contributed by atoms with E-state index in [2.05, 4.69) is 21.2 Å². The summed E-state index contributed by atoms with van der Waals surface area (Å²) in [6, 6.07) is 8.39. The van der Waals surface area contributed by atoms with Gasteiger partial charge >= 0.3 is 5.97 Å². The van der Waals surface area contributed by atoms with Crippen molar-refractivity contribution in [2.45, 2.75) is 6.92 Å². The Morgan fingerprint density at radius 3 is 2.52 bits per heavy atom. The molecular weight excluding hydrogens is 341 g/mol. The van der Waals surface area contributed by atoms with Crippen molar-refractivity contribution in [3.63, 3.8) is 0 Å². The first-order chi connectivity index (χ1) is 9.86. The second-order valence-electron chi connectivity index (χ2n) is 4.47. The number of hydrogen-bond acceptors (Lipinski definition) is 2.